The van der Waals surface area contributed by atoms with E-state index >= 15 is 0 Å². The predicted octanol–water partition coefficient (Wildman–Crippen LogP) is 1.33. The van der Waals surface area contributed by atoms with E-state index in [2.05, 4.69) is 12.2 Å². The summed E-state index contributed by atoms with van der Waals surface area (Å²) in [4.78, 5) is 13.4. The second-order valence-corrected chi connectivity index (χ2v) is 5.37. The van der Waals surface area contributed by atoms with Gasteiger partial charge in [-0.25, -0.2) is 0 Å². The number of rotatable bonds is 4. The Bertz CT molecular complexity index is 377. The number of hydrogen-bond acceptors (Lipinski definition) is 1. The van der Waals surface area contributed by atoms with Crippen LogP contribution in [0, 0.1) is 5.92 Å². The van der Waals surface area contributed by atoms with Crippen molar-refractivity contribution in [2.24, 2.45) is 5.92 Å². The van der Waals surface area contributed by atoms with Crippen molar-refractivity contribution in [2.45, 2.75) is 26.2 Å². The van der Waals surface area contributed by atoms with E-state index in [0.29, 0.717) is 6.42 Å². The lowest BCUT2D eigenvalue weighted by Gasteiger charge is -2.27. The van der Waals surface area contributed by atoms with E-state index < -0.39 is 0 Å². The fourth-order valence-corrected chi connectivity index (χ4v) is 2.66. The van der Waals surface area contributed by atoms with E-state index in [-0.39, 0.29) is 5.91 Å². The quantitative estimate of drug-likeness (QED) is 0.827. The summed E-state index contributed by atoms with van der Waals surface area (Å²) in [5.74, 6) is 0.942. The minimum atomic E-state index is 0.131. The number of carbonyl (C=O) groups excluding carboxylic acids is 1. The van der Waals surface area contributed by atoms with Gasteiger partial charge in [0, 0.05) is 11.6 Å². The molecule has 2 N–H and O–H groups in total. The molecule has 1 unspecified atom stereocenters. The van der Waals surface area contributed by atoms with Crippen molar-refractivity contribution in [3.8, 4) is 0 Å². The summed E-state index contributed by atoms with van der Waals surface area (Å²) >= 11 is 0. The molecular formula is C15H23N2O+. The summed E-state index contributed by atoms with van der Waals surface area (Å²) in [6.07, 6.45) is 3.27. The zero-order chi connectivity index (χ0) is 12.8. The van der Waals surface area contributed by atoms with Gasteiger partial charge in [-0.3, -0.25) is 4.79 Å². The number of hydrogen-bond donors (Lipinski definition) is 2. The van der Waals surface area contributed by atoms with Gasteiger partial charge in [-0.1, -0.05) is 25.1 Å². The number of para-hydroxylation sites is 1. The van der Waals surface area contributed by atoms with Gasteiger partial charge in [0.15, 0.2) is 0 Å². The maximum absolute atomic E-state index is 11.8. The van der Waals surface area contributed by atoms with Gasteiger partial charge in [0.25, 0.3) is 0 Å². The highest BCUT2D eigenvalue weighted by Gasteiger charge is 2.19. The Kier molecular flexibility index (Phi) is 4.76. The third kappa shape index (κ3) is 4.15. The predicted molar refractivity (Wildman–Crippen MR) is 73.7 cm³/mol. The maximum Gasteiger partial charge on any atom is 0.230 e. The molecule has 1 heterocycles. The molecule has 1 amide bonds. The maximum atomic E-state index is 11.8. The average molecular weight is 247 g/mol. The molecule has 2 atom stereocenters. The minimum Gasteiger partial charge on any atom is -0.334 e. The highest BCUT2D eigenvalue weighted by Crippen LogP contribution is 2.06. The standard InChI is InChI=1S/C15H22N2O/c1-13-6-5-10-17(12-13)11-9-15(18)16-14-7-3-2-4-8-14/h2-4,7-8,13H,5-6,9-12H2,1H3,(H,16,18)/p+1/t13-/m0/s1. The number of nitrogens with one attached hydrogen (secondary N) is 2. The molecule has 1 fully saturated rings. The molecule has 0 saturated carbocycles. The van der Waals surface area contributed by atoms with Crippen LogP contribution in [0.4, 0.5) is 5.69 Å². The fraction of sp³-hybridized carbons (Fsp3) is 0.533. The largest absolute Gasteiger partial charge is 0.334 e. The molecule has 1 aromatic carbocycles. The highest BCUT2D eigenvalue weighted by atomic mass is 16.1. The summed E-state index contributed by atoms with van der Waals surface area (Å²) in [6, 6.07) is 9.68. The van der Waals surface area contributed by atoms with Gasteiger partial charge in [-0.05, 0) is 25.0 Å². The molecule has 2 rings (SSSR count). The molecule has 18 heavy (non-hydrogen) atoms. The summed E-state index contributed by atoms with van der Waals surface area (Å²) in [5, 5.41) is 2.94. The van der Waals surface area contributed by atoms with Gasteiger partial charge in [0.2, 0.25) is 5.91 Å². The Morgan fingerprint density at radius 2 is 2.17 bits per heavy atom. The lowest BCUT2D eigenvalue weighted by atomic mass is 10.0. The molecular weight excluding hydrogens is 224 g/mol. The zero-order valence-corrected chi connectivity index (χ0v) is 11.1. The summed E-state index contributed by atoms with van der Waals surface area (Å²) in [6.45, 7) is 5.72. The molecule has 0 radical (unpaired) electrons. The van der Waals surface area contributed by atoms with E-state index in [1.165, 1.54) is 25.9 Å². The number of quaternary nitrogens is 1. The normalized spacial score (nSPS) is 23.6. The van der Waals surface area contributed by atoms with Crippen molar-refractivity contribution in [3.63, 3.8) is 0 Å². The third-order valence-electron chi connectivity index (χ3n) is 3.63. The lowest BCUT2D eigenvalue weighted by molar-refractivity contribution is -0.907. The van der Waals surface area contributed by atoms with E-state index in [9.17, 15) is 4.79 Å². The van der Waals surface area contributed by atoms with Gasteiger partial charge in [-0.15, -0.1) is 0 Å². The fourth-order valence-electron chi connectivity index (χ4n) is 2.66. The number of benzene rings is 1. The Hall–Kier alpha value is -1.35. The van der Waals surface area contributed by atoms with Crippen LogP contribution in [-0.2, 0) is 4.79 Å². The van der Waals surface area contributed by atoms with E-state index in [0.717, 1.165) is 18.2 Å². The van der Waals surface area contributed by atoms with Crippen LogP contribution in [0.25, 0.3) is 0 Å². The first kappa shape index (κ1) is 13.1. The molecule has 1 saturated heterocycles. The van der Waals surface area contributed by atoms with Crippen LogP contribution >= 0.6 is 0 Å². The lowest BCUT2D eigenvalue weighted by Crippen LogP contribution is -3.13. The van der Waals surface area contributed by atoms with Crippen LogP contribution in [0.3, 0.4) is 0 Å². The molecule has 98 valence electrons. The van der Waals surface area contributed by atoms with E-state index in [4.69, 9.17) is 0 Å². The SMILES string of the molecule is C[C@H]1CCC[NH+](CCC(=O)Nc2ccccc2)C1. The smallest absolute Gasteiger partial charge is 0.230 e. The second-order valence-electron chi connectivity index (χ2n) is 5.37. The van der Waals surface area contributed by atoms with Crippen LogP contribution in [0.2, 0.25) is 0 Å². The van der Waals surface area contributed by atoms with E-state index in [1.807, 2.05) is 30.3 Å². The number of piperidine rings is 1. The molecule has 0 spiro atoms. The Morgan fingerprint density at radius 3 is 2.89 bits per heavy atom. The van der Waals surface area contributed by atoms with Crippen molar-refractivity contribution in [3.05, 3.63) is 30.3 Å². The Morgan fingerprint density at radius 1 is 1.39 bits per heavy atom. The molecule has 1 aliphatic rings. The first-order chi connectivity index (χ1) is 8.74. The monoisotopic (exact) mass is 247 g/mol. The minimum absolute atomic E-state index is 0.131. The summed E-state index contributed by atoms with van der Waals surface area (Å²) < 4.78 is 0. The van der Waals surface area contributed by atoms with Crippen LogP contribution in [0.5, 0.6) is 0 Å². The number of likely N-dealkylation sites (tertiary alicyclic amines) is 1. The zero-order valence-electron chi connectivity index (χ0n) is 11.1. The molecule has 0 aromatic heterocycles. The highest BCUT2D eigenvalue weighted by molar-refractivity contribution is 5.90. The Balaban J connectivity index is 1.71. The van der Waals surface area contributed by atoms with Gasteiger partial charge in [0.1, 0.15) is 0 Å². The van der Waals surface area contributed by atoms with Gasteiger partial charge in [0.05, 0.1) is 26.1 Å². The molecule has 0 aliphatic carbocycles. The van der Waals surface area contributed by atoms with Crippen LogP contribution in [0.15, 0.2) is 30.3 Å². The van der Waals surface area contributed by atoms with Crippen molar-refractivity contribution in [1.29, 1.82) is 0 Å². The molecule has 3 nitrogen and oxygen atoms in total. The van der Waals surface area contributed by atoms with Crippen molar-refractivity contribution < 1.29 is 9.69 Å². The molecule has 0 bridgehead atoms. The van der Waals surface area contributed by atoms with Crippen molar-refractivity contribution >= 4 is 11.6 Å². The van der Waals surface area contributed by atoms with Crippen molar-refractivity contribution in [2.75, 3.05) is 25.0 Å². The van der Waals surface area contributed by atoms with Crippen LogP contribution < -0.4 is 10.2 Å². The molecule has 1 aromatic rings. The van der Waals surface area contributed by atoms with Crippen LogP contribution in [0.1, 0.15) is 26.2 Å². The van der Waals surface area contributed by atoms with Crippen molar-refractivity contribution in [1.82, 2.24) is 0 Å². The Labute approximate surface area is 109 Å². The first-order valence-corrected chi connectivity index (χ1v) is 6.92. The van der Waals surface area contributed by atoms with Gasteiger partial charge >= 0.3 is 0 Å². The second kappa shape index (κ2) is 6.55. The van der Waals surface area contributed by atoms with Gasteiger partial charge in [-0.2, -0.15) is 0 Å². The first-order valence-electron chi connectivity index (χ1n) is 6.92. The summed E-state index contributed by atoms with van der Waals surface area (Å²) in [7, 11) is 0. The molecule has 1 aliphatic heterocycles. The number of amides is 1. The van der Waals surface area contributed by atoms with Crippen LogP contribution in [-0.4, -0.2) is 25.5 Å². The third-order valence-corrected chi connectivity index (χ3v) is 3.63. The average Bonchev–Trinajstić information content (AvgIpc) is 2.38. The number of carbonyl (C=O) groups is 1. The number of anilines is 1. The molecule has 3 heteroatoms. The van der Waals surface area contributed by atoms with E-state index in [1.54, 1.807) is 4.90 Å². The topological polar surface area (TPSA) is 33.5 Å². The van der Waals surface area contributed by atoms with Gasteiger partial charge < -0.3 is 10.2 Å². The summed E-state index contributed by atoms with van der Waals surface area (Å²) in [5.41, 5.74) is 0.893.